The molecule has 1 rings (SSSR count). The standard InChI is InChI=1S/C12H23ClN2O2/c1-11(2,3)15-6-4-12(17,5-7-15)9-14-10(16)8-13/h17H,4-9H2,1-3H3,(H,14,16). The first-order valence-corrected chi connectivity index (χ1v) is 6.60. The minimum atomic E-state index is -0.774. The highest BCUT2D eigenvalue weighted by Crippen LogP contribution is 2.26. The summed E-state index contributed by atoms with van der Waals surface area (Å²) >= 11 is 5.40. The molecule has 0 aromatic heterocycles. The summed E-state index contributed by atoms with van der Waals surface area (Å²) in [5.74, 6) is -0.275. The van der Waals surface area contributed by atoms with Gasteiger partial charge in [-0.15, -0.1) is 11.6 Å². The van der Waals surface area contributed by atoms with Crippen LogP contribution in [0.25, 0.3) is 0 Å². The molecule has 1 aliphatic rings. The molecule has 0 aliphatic carbocycles. The summed E-state index contributed by atoms with van der Waals surface area (Å²) in [4.78, 5) is 13.4. The van der Waals surface area contributed by atoms with E-state index in [4.69, 9.17) is 11.6 Å². The van der Waals surface area contributed by atoms with Crippen molar-refractivity contribution in [2.24, 2.45) is 0 Å². The van der Waals surface area contributed by atoms with Gasteiger partial charge in [-0.3, -0.25) is 9.69 Å². The molecule has 0 spiro atoms. The lowest BCUT2D eigenvalue weighted by Crippen LogP contribution is -2.55. The number of hydrogen-bond acceptors (Lipinski definition) is 3. The van der Waals surface area contributed by atoms with Crippen LogP contribution in [-0.2, 0) is 4.79 Å². The monoisotopic (exact) mass is 262 g/mol. The van der Waals surface area contributed by atoms with Crippen molar-refractivity contribution in [2.75, 3.05) is 25.5 Å². The number of carbonyl (C=O) groups excluding carboxylic acids is 1. The number of hydrogen-bond donors (Lipinski definition) is 2. The Morgan fingerprint density at radius 2 is 1.94 bits per heavy atom. The van der Waals surface area contributed by atoms with E-state index < -0.39 is 5.60 Å². The Labute approximate surface area is 108 Å². The molecular formula is C12H23ClN2O2. The van der Waals surface area contributed by atoms with Crippen LogP contribution in [0.2, 0.25) is 0 Å². The maximum absolute atomic E-state index is 11.1. The summed E-state index contributed by atoms with van der Waals surface area (Å²) in [6, 6.07) is 0. The highest BCUT2D eigenvalue weighted by Gasteiger charge is 2.35. The number of piperidine rings is 1. The zero-order chi connectivity index (χ0) is 13.1. The molecule has 0 aromatic rings. The minimum absolute atomic E-state index is 0.0514. The lowest BCUT2D eigenvalue weighted by atomic mass is 9.89. The smallest absolute Gasteiger partial charge is 0.235 e. The molecule has 5 heteroatoms. The van der Waals surface area contributed by atoms with E-state index >= 15 is 0 Å². The van der Waals surface area contributed by atoms with E-state index in [1.54, 1.807) is 0 Å². The topological polar surface area (TPSA) is 52.6 Å². The molecule has 0 radical (unpaired) electrons. The molecule has 2 N–H and O–H groups in total. The fourth-order valence-corrected chi connectivity index (χ4v) is 2.18. The quantitative estimate of drug-likeness (QED) is 0.746. The Balaban J connectivity index is 2.41. The van der Waals surface area contributed by atoms with E-state index in [1.165, 1.54) is 0 Å². The largest absolute Gasteiger partial charge is 0.388 e. The van der Waals surface area contributed by atoms with Crippen molar-refractivity contribution in [1.82, 2.24) is 10.2 Å². The van der Waals surface area contributed by atoms with Crippen LogP contribution in [0.3, 0.4) is 0 Å². The summed E-state index contributed by atoms with van der Waals surface area (Å²) in [6.07, 6.45) is 1.37. The average Bonchev–Trinajstić information content (AvgIpc) is 2.25. The molecular weight excluding hydrogens is 240 g/mol. The predicted molar refractivity (Wildman–Crippen MR) is 69.2 cm³/mol. The van der Waals surface area contributed by atoms with E-state index in [-0.39, 0.29) is 17.3 Å². The molecule has 0 aromatic carbocycles. The molecule has 0 atom stereocenters. The van der Waals surface area contributed by atoms with Gasteiger partial charge < -0.3 is 10.4 Å². The fraction of sp³-hybridized carbons (Fsp3) is 0.917. The normalized spacial score (nSPS) is 21.2. The molecule has 1 heterocycles. The van der Waals surface area contributed by atoms with Crippen LogP contribution in [-0.4, -0.2) is 52.6 Å². The van der Waals surface area contributed by atoms with Crippen molar-refractivity contribution in [2.45, 2.75) is 44.8 Å². The summed E-state index contributed by atoms with van der Waals surface area (Å²) in [5, 5.41) is 13.0. The maximum atomic E-state index is 11.1. The van der Waals surface area contributed by atoms with Crippen LogP contribution in [0, 0.1) is 0 Å². The lowest BCUT2D eigenvalue weighted by Gasteiger charge is -2.44. The first kappa shape index (κ1) is 14.7. The fourth-order valence-electron chi connectivity index (χ4n) is 2.08. The number of halogens is 1. The summed E-state index contributed by atoms with van der Waals surface area (Å²) < 4.78 is 0. The molecule has 1 amide bonds. The Bertz CT molecular complexity index is 268. The summed E-state index contributed by atoms with van der Waals surface area (Å²) in [5.41, 5.74) is -0.635. The van der Waals surface area contributed by atoms with Gasteiger partial charge in [-0.25, -0.2) is 0 Å². The summed E-state index contributed by atoms with van der Waals surface area (Å²) in [7, 11) is 0. The summed E-state index contributed by atoms with van der Waals surface area (Å²) in [6.45, 7) is 8.54. The van der Waals surface area contributed by atoms with Crippen LogP contribution < -0.4 is 5.32 Å². The molecule has 100 valence electrons. The second-order valence-electron chi connectivity index (χ2n) is 5.79. The van der Waals surface area contributed by atoms with E-state index in [0.29, 0.717) is 19.4 Å². The third-order valence-electron chi connectivity index (χ3n) is 3.38. The van der Waals surface area contributed by atoms with E-state index in [9.17, 15) is 9.90 Å². The Morgan fingerprint density at radius 1 is 1.41 bits per heavy atom. The van der Waals surface area contributed by atoms with Gasteiger partial charge in [0, 0.05) is 25.2 Å². The number of nitrogens with one attached hydrogen (secondary N) is 1. The third-order valence-corrected chi connectivity index (χ3v) is 3.62. The lowest BCUT2D eigenvalue weighted by molar-refractivity contribution is -0.120. The average molecular weight is 263 g/mol. The number of nitrogens with zero attached hydrogens (tertiary/aromatic N) is 1. The Kier molecular flexibility index (Phi) is 4.81. The molecule has 17 heavy (non-hydrogen) atoms. The number of alkyl halides is 1. The van der Waals surface area contributed by atoms with Crippen LogP contribution >= 0.6 is 11.6 Å². The second-order valence-corrected chi connectivity index (χ2v) is 6.06. The number of likely N-dealkylation sites (tertiary alicyclic amines) is 1. The van der Waals surface area contributed by atoms with E-state index in [0.717, 1.165) is 13.1 Å². The van der Waals surface area contributed by atoms with Crippen molar-refractivity contribution in [3.63, 3.8) is 0 Å². The van der Waals surface area contributed by atoms with Gasteiger partial charge in [0.15, 0.2) is 0 Å². The van der Waals surface area contributed by atoms with Gasteiger partial charge >= 0.3 is 0 Å². The molecule has 1 fully saturated rings. The van der Waals surface area contributed by atoms with Crippen molar-refractivity contribution < 1.29 is 9.90 Å². The van der Waals surface area contributed by atoms with Gasteiger partial charge in [-0.2, -0.15) is 0 Å². The molecule has 4 nitrogen and oxygen atoms in total. The van der Waals surface area contributed by atoms with Gasteiger partial charge in [0.2, 0.25) is 5.91 Å². The molecule has 0 bridgehead atoms. The first-order valence-electron chi connectivity index (χ1n) is 6.07. The minimum Gasteiger partial charge on any atom is -0.388 e. The van der Waals surface area contributed by atoms with Crippen LogP contribution in [0.5, 0.6) is 0 Å². The number of amides is 1. The Morgan fingerprint density at radius 3 is 2.35 bits per heavy atom. The van der Waals surface area contributed by atoms with Gasteiger partial charge in [0.05, 0.1) is 5.60 Å². The Hall–Kier alpha value is -0.320. The van der Waals surface area contributed by atoms with E-state index in [1.807, 2.05) is 0 Å². The zero-order valence-corrected chi connectivity index (χ0v) is 11.7. The molecule has 1 aliphatic heterocycles. The van der Waals surface area contributed by atoms with E-state index in [2.05, 4.69) is 31.0 Å². The number of aliphatic hydroxyl groups is 1. The number of carbonyl (C=O) groups is 1. The first-order chi connectivity index (χ1) is 7.77. The van der Waals surface area contributed by atoms with Crippen molar-refractivity contribution in [1.29, 1.82) is 0 Å². The predicted octanol–water partition coefficient (Wildman–Crippen LogP) is 0.967. The zero-order valence-electron chi connectivity index (χ0n) is 10.9. The van der Waals surface area contributed by atoms with Crippen molar-refractivity contribution in [3.8, 4) is 0 Å². The second kappa shape index (κ2) is 5.55. The van der Waals surface area contributed by atoms with Crippen molar-refractivity contribution >= 4 is 17.5 Å². The SMILES string of the molecule is CC(C)(C)N1CCC(O)(CNC(=O)CCl)CC1. The van der Waals surface area contributed by atoms with Crippen LogP contribution in [0.1, 0.15) is 33.6 Å². The molecule has 0 unspecified atom stereocenters. The van der Waals surface area contributed by atoms with Crippen LogP contribution in [0.15, 0.2) is 0 Å². The van der Waals surface area contributed by atoms with Gasteiger partial charge in [-0.1, -0.05) is 0 Å². The molecule has 0 saturated carbocycles. The van der Waals surface area contributed by atoms with Gasteiger partial charge in [0.25, 0.3) is 0 Å². The van der Waals surface area contributed by atoms with Gasteiger partial charge in [0.1, 0.15) is 5.88 Å². The maximum Gasteiger partial charge on any atom is 0.235 e. The van der Waals surface area contributed by atoms with Crippen LogP contribution in [0.4, 0.5) is 0 Å². The van der Waals surface area contributed by atoms with Gasteiger partial charge in [-0.05, 0) is 33.6 Å². The highest BCUT2D eigenvalue weighted by atomic mass is 35.5. The van der Waals surface area contributed by atoms with Crippen molar-refractivity contribution in [3.05, 3.63) is 0 Å². The molecule has 1 saturated heterocycles. The number of rotatable bonds is 3. The highest BCUT2D eigenvalue weighted by molar-refractivity contribution is 6.27. The third kappa shape index (κ3) is 4.45.